The molecule has 1 unspecified atom stereocenters. The minimum atomic E-state index is -0.113. The van der Waals surface area contributed by atoms with Crippen LogP contribution < -0.4 is 0 Å². The van der Waals surface area contributed by atoms with Crippen LogP contribution in [0, 0.1) is 0 Å². The summed E-state index contributed by atoms with van der Waals surface area (Å²) in [6, 6.07) is 5.90. The Hall–Kier alpha value is 0.330. The zero-order valence-electron chi connectivity index (χ0n) is 7.56. The summed E-state index contributed by atoms with van der Waals surface area (Å²) in [5.41, 5.74) is 1.12. The van der Waals surface area contributed by atoms with Crippen LogP contribution >= 0.6 is 47.8 Å². The number of hydrogen-bond acceptors (Lipinski definition) is 1. The Morgan fingerprint density at radius 2 is 1.86 bits per heavy atom. The summed E-state index contributed by atoms with van der Waals surface area (Å²) in [6.07, 6.45) is 0.692. The van der Waals surface area contributed by atoms with Gasteiger partial charge in [-0.1, -0.05) is 53.9 Å². The van der Waals surface area contributed by atoms with E-state index in [0.29, 0.717) is 6.42 Å². The number of benzene rings is 1. The van der Waals surface area contributed by atoms with Gasteiger partial charge in [-0.2, -0.15) is 0 Å². The highest BCUT2D eigenvalue weighted by Crippen LogP contribution is 2.27. The number of carbonyl (C=O) groups excluding carboxylic acids is 1. The second-order valence-electron chi connectivity index (χ2n) is 2.98. The topological polar surface area (TPSA) is 17.1 Å². The number of carbonyl (C=O) groups is 1. The molecule has 0 radical (unpaired) electrons. The van der Waals surface area contributed by atoms with Crippen LogP contribution in [0.15, 0.2) is 27.1 Å². The summed E-state index contributed by atoms with van der Waals surface area (Å²) >= 11 is 10.3. The van der Waals surface area contributed by atoms with E-state index in [1.54, 1.807) is 6.92 Å². The van der Waals surface area contributed by atoms with Crippen LogP contribution in [-0.2, 0) is 11.2 Å². The van der Waals surface area contributed by atoms with Crippen molar-refractivity contribution >= 4 is 53.6 Å². The predicted octanol–water partition coefficient (Wildman–Crippen LogP) is 4.11. The molecule has 0 aliphatic rings. The van der Waals surface area contributed by atoms with Crippen LogP contribution in [0.3, 0.4) is 0 Å². The van der Waals surface area contributed by atoms with Crippen LogP contribution in [0.4, 0.5) is 0 Å². The summed E-state index contributed by atoms with van der Waals surface area (Å²) in [4.78, 5) is 11.0. The fourth-order valence-electron chi connectivity index (χ4n) is 1.05. The highest BCUT2D eigenvalue weighted by Gasteiger charge is 2.14. The van der Waals surface area contributed by atoms with Crippen LogP contribution in [0.5, 0.6) is 0 Å². The third-order valence-electron chi connectivity index (χ3n) is 1.89. The first-order chi connectivity index (χ1) is 6.52. The molecule has 1 aromatic rings. The van der Waals surface area contributed by atoms with Crippen molar-refractivity contribution in [1.29, 1.82) is 0 Å². The molecule has 0 N–H and O–H groups in total. The van der Waals surface area contributed by atoms with E-state index >= 15 is 0 Å². The zero-order valence-corrected chi connectivity index (χ0v) is 12.3. The lowest BCUT2D eigenvalue weighted by Crippen LogP contribution is -2.13. The molecule has 0 aromatic heterocycles. The first-order valence-electron chi connectivity index (χ1n) is 4.09. The fourth-order valence-corrected chi connectivity index (χ4v) is 2.70. The smallest absolute Gasteiger partial charge is 0.143 e. The molecule has 1 atom stereocenters. The second kappa shape index (κ2) is 5.42. The molecule has 0 bridgehead atoms. The Morgan fingerprint density at radius 1 is 1.36 bits per heavy atom. The Morgan fingerprint density at radius 3 is 2.29 bits per heavy atom. The quantitative estimate of drug-likeness (QED) is 0.717. The lowest BCUT2D eigenvalue weighted by Gasteiger charge is -2.09. The second-order valence-corrected chi connectivity index (χ2v) is 5.80. The Bertz CT molecular complexity index is 329. The van der Waals surface area contributed by atoms with E-state index < -0.39 is 0 Å². The third kappa shape index (κ3) is 3.17. The lowest BCUT2D eigenvalue weighted by atomic mass is 10.1. The van der Waals surface area contributed by atoms with Crippen LogP contribution in [0.2, 0.25) is 0 Å². The summed E-state index contributed by atoms with van der Waals surface area (Å²) in [7, 11) is 0. The van der Waals surface area contributed by atoms with Gasteiger partial charge < -0.3 is 0 Å². The van der Waals surface area contributed by atoms with Gasteiger partial charge in [0, 0.05) is 8.95 Å². The zero-order chi connectivity index (χ0) is 10.7. The molecule has 0 saturated carbocycles. The SMILES string of the molecule is CC(=O)C(Br)Cc1c(Br)cccc1Br. The summed E-state index contributed by atoms with van der Waals surface area (Å²) in [5.74, 6) is 0.146. The Kier molecular flexibility index (Phi) is 4.80. The van der Waals surface area contributed by atoms with Crippen molar-refractivity contribution in [2.24, 2.45) is 0 Å². The standard InChI is InChI=1S/C10H9Br3O/c1-6(14)10(13)5-7-8(11)3-2-4-9(7)12/h2-4,10H,5H2,1H3. The van der Waals surface area contributed by atoms with Crippen LogP contribution in [0.1, 0.15) is 12.5 Å². The number of ketones is 1. The first-order valence-corrected chi connectivity index (χ1v) is 6.60. The van der Waals surface area contributed by atoms with Gasteiger partial charge in [-0.3, -0.25) is 4.79 Å². The maximum absolute atomic E-state index is 11.1. The van der Waals surface area contributed by atoms with E-state index in [4.69, 9.17) is 0 Å². The minimum absolute atomic E-state index is 0.113. The highest BCUT2D eigenvalue weighted by atomic mass is 79.9. The van der Waals surface area contributed by atoms with Crippen molar-refractivity contribution in [2.45, 2.75) is 18.2 Å². The van der Waals surface area contributed by atoms with E-state index in [2.05, 4.69) is 47.8 Å². The molecule has 0 aliphatic heterocycles. The average Bonchev–Trinajstić information content (AvgIpc) is 2.11. The maximum Gasteiger partial charge on any atom is 0.143 e. The van der Waals surface area contributed by atoms with E-state index in [1.165, 1.54) is 0 Å². The normalized spacial score (nSPS) is 12.6. The first kappa shape index (κ1) is 12.4. The molecule has 0 spiro atoms. The van der Waals surface area contributed by atoms with Crippen molar-refractivity contribution in [3.8, 4) is 0 Å². The molecular formula is C10H9Br3O. The van der Waals surface area contributed by atoms with E-state index in [-0.39, 0.29) is 10.6 Å². The monoisotopic (exact) mass is 382 g/mol. The molecule has 1 nitrogen and oxygen atoms in total. The van der Waals surface area contributed by atoms with E-state index in [0.717, 1.165) is 14.5 Å². The van der Waals surface area contributed by atoms with Crippen molar-refractivity contribution in [3.63, 3.8) is 0 Å². The summed E-state index contributed by atoms with van der Waals surface area (Å²) in [5, 5.41) is 0. The predicted molar refractivity (Wildman–Crippen MR) is 68.9 cm³/mol. The van der Waals surface area contributed by atoms with Gasteiger partial charge in [-0.05, 0) is 31.0 Å². The number of Topliss-reactive ketones (excluding diaryl/α,β-unsaturated/α-hetero) is 1. The van der Waals surface area contributed by atoms with Crippen molar-refractivity contribution in [3.05, 3.63) is 32.7 Å². The average molecular weight is 385 g/mol. The molecule has 76 valence electrons. The van der Waals surface area contributed by atoms with Gasteiger partial charge in [0.1, 0.15) is 5.78 Å². The van der Waals surface area contributed by atoms with Crippen molar-refractivity contribution < 1.29 is 4.79 Å². The Labute approximate surface area is 109 Å². The number of hydrogen-bond donors (Lipinski definition) is 0. The number of alkyl halides is 1. The number of rotatable bonds is 3. The van der Waals surface area contributed by atoms with Crippen LogP contribution in [-0.4, -0.2) is 10.6 Å². The van der Waals surface area contributed by atoms with Crippen molar-refractivity contribution in [2.75, 3.05) is 0 Å². The van der Waals surface area contributed by atoms with E-state index in [9.17, 15) is 4.79 Å². The molecule has 0 amide bonds. The molecule has 4 heteroatoms. The largest absolute Gasteiger partial charge is 0.299 e. The Balaban J connectivity index is 2.91. The molecule has 14 heavy (non-hydrogen) atoms. The van der Waals surface area contributed by atoms with Gasteiger partial charge in [-0.25, -0.2) is 0 Å². The van der Waals surface area contributed by atoms with Gasteiger partial charge in [-0.15, -0.1) is 0 Å². The van der Waals surface area contributed by atoms with Gasteiger partial charge >= 0.3 is 0 Å². The number of halogens is 3. The van der Waals surface area contributed by atoms with Crippen LogP contribution in [0.25, 0.3) is 0 Å². The molecule has 0 fully saturated rings. The highest BCUT2D eigenvalue weighted by molar-refractivity contribution is 9.11. The van der Waals surface area contributed by atoms with Gasteiger partial charge in [0.15, 0.2) is 0 Å². The summed E-state index contributed by atoms with van der Waals surface area (Å²) < 4.78 is 2.05. The van der Waals surface area contributed by atoms with Crippen molar-refractivity contribution in [1.82, 2.24) is 0 Å². The molecule has 1 rings (SSSR count). The third-order valence-corrected chi connectivity index (χ3v) is 4.34. The summed E-state index contributed by atoms with van der Waals surface area (Å²) in [6.45, 7) is 1.59. The van der Waals surface area contributed by atoms with Gasteiger partial charge in [0.05, 0.1) is 4.83 Å². The van der Waals surface area contributed by atoms with E-state index in [1.807, 2.05) is 18.2 Å². The molecular weight excluding hydrogens is 376 g/mol. The lowest BCUT2D eigenvalue weighted by molar-refractivity contribution is -0.116. The van der Waals surface area contributed by atoms with Gasteiger partial charge in [0.2, 0.25) is 0 Å². The fraction of sp³-hybridized carbons (Fsp3) is 0.300. The molecule has 1 aromatic carbocycles. The van der Waals surface area contributed by atoms with Gasteiger partial charge in [0.25, 0.3) is 0 Å². The molecule has 0 saturated heterocycles. The molecule has 0 heterocycles. The maximum atomic E-state index is 11.1. The molecule has 0 aliphatic carbocycles. The minimum Gasteiger partial charge on any atom is -0.299 e.